The van der Waals surface area contributed by atoms with Crippen molar-refractivity contribution in [3.05, 3.63) is 72.0 Å². The lowest BCUT2D eigenvalue weighted by molar-refractivity contribution is -0.115. The number of hydrogen-bond donors (Lipinski definition) is 2. The van der Waals surface area contributed by atoms with E-state index in [1.165, 1.54) is 12.1 Å². The molecule has 2 aromatic rings. The molecule has 3 atom stereocenters. The number of aromatic nitrogens is 1. The van der Waals surface area contributed by atoms with Gasteiger partial charge in [0, 0.05) is 67.5 Å². The summed E-state index contributed by atoms with van der Waals surface area (Å²) in [7, 11) is 2.01. The predicted molar refractivity (Wildman–Crippen MR) is 159 cm³/mol. The third-order valence-electron chi connectivity index (χ3n) is 8.22. The Kier molecular flexibility index (Phi) is 8.53. The van der Waals surface area contributed by atoms with Crippen LogP contribution in [-0.4, -0.2) is 80.0 Å². The number of piperazine rings is 1. The molecule has 1 aromatic heterocycles. The van der Waals surface area contributed by atoms with Gasteiger partial charge in [-0.05, 0) is 58.2 Å². The minimum Gasteiger partial charge on any atom is -0.375 e. The second kappa shape index (κ2) is 12.0. The number of allylic oxidation sites excluding steroid dienone is 1. The van der Waals surface area contributed by atoms with Crippen LogP contribution >= 0.6 is 0 Å². The summed E-state index contributed by atoms with van der Waals surface area (Å²) in [6, 6.07) is 6.58. The Morgan fingerprint density at radius 1 is 1.12 bits per heavy atom. The number of rotatable bonds is 5. The van der Waals surface area contributed by atoms with Gasteiger partial charge in [0.05, 0.1) is 35.2 Å². The third kappa shape index (κ3) is 6.54. The average Bonchev–Trinajstić information content (AvgIpc) is 2.96. The maximum absolute atomic E-state index is 15.8. The Balaban J connectivity index is 1.51. The molecule has 230 valence electrons. The van der Waals surface area contributed by atoms with Gasteiger partial charge in [-0.3, -0.25) is 9.69 Å². The van der Waals surface area contributed by atoms with E-state index >= 15 is 4.39 Å². The van der Waals surface area contributed by atoms with Gasteiger partial charge < -0.3 is 25.2 Å². The summed E-state index contributed by atoms with van der Waals surface area (Å²) < 4.78 is 62.9. The fourth-order valence-electron chi connectivity index (χ4n) is 5.65. The molecular weight excluding hydrogens is 564 g/mol. The number of pyridine rings is 1. The molecule has 4 heterocycles. The van der Waals surface area contributed by atoms with Gasteiger partial charge in [0.25, 0.3) is 5.91 Å². The number of nitrogens with zero attached hydrogens (tertiary/aromatic N) is 4. The number of halogens is 4. The number of nitrogens with one attached hydrogen (secondary N) is 2. The number of likely N-dealkylation sites (N-methyl/N-ethyl adjacent to an activating group) is 1. The summed E-state index contributed by atoms with van der Waals surface area (Å²) in [5.41, 5.74) is -0.478. The van der Waals surface area contributed by atoms with Crippen LogP contribution < -0.4 is 20.4 Å². The highest BCUT2D eigenvalue weighted by Gasteiger charge is 2.40. The molecule has 8 nitrogen and oxygen atoms in total. The van der Waals surface area contributed by atoms with Crippen molar-refractivity contribution in [3.63, 3.8) is 0 Å². The summed E-state index contributed by atoms with van der Waals surface area (Å²) in [5.74, 6) is -0.783. The van der Waals surface area contributed by atoms with Gasteiger partial charge in [-0.1, -0.05) is 6.58 Å². The van der Waals surface area contributed by atoms with Gasteiger partial charge in [-0.25, -0.2) is 9.37 Å². The average molecular weight is 601 g/mol. The van der Waals surface area contributed by atoms with Crippen LogP contribution in [0.15, 0.2) is 66.2 Å². The van der Waals surface area contributed by atoms with Crippen molar-refractivity contribution in [3.8, 4) is 11.1 Å². The monoisotopic (exact) mass is 600 g/mol. The summed E-state index contributed by atoms with van der Waals surface area (Å²) in [5, 5.41) is 5.25. The molecule has 0 unspecified atom stereocenters. The Bertz CT molecular complexity index is 1440. The van der Waals surface area contributed by atoms with Crippen molar-refractivity contribution in [2.24, 2.45) is 0 Å². The van der Waals surface area contributed by atoms with Crippen LogP contribution in [0.3, 0.4) is 0 Å². The molecule has 0 radical (unpaired) electrons. The highest BCUT2D eigenvalue weighted by molar-refractivity contribution is 6.09. The van der Waals surface area contributed by atoms with Gasteiger partial charge in [0.15, 0.2) is 0 Å². The van der Waals surface area contributed by atoms with Crippen LogP contribution in [-0.2, 0) is 9.53 Å². The van der Waals surface area contributed by atoms with Gasteiger partial charge in [-0.15, -0.1) is 0 Å². The minimum absolute atomic E-state index is 0.0107. The second-order valence-electron chi connectivity index (χ2n) is 11.4. The molecule has 3 aliphatic rings. The zero-order valence-electron chi connectivity index (χ0n) is 24.6. The zero-order valence-corrected chi connectivity index (χ0v) is 24.6. The summed E-state index contributed by atoms with van der Waals surface area (Å²) >= 11 is 0. The number of morpholine rings is 1. The summed E-state index contributed by atoms with van der Waals surface area (Å²) in [6.45, 7) is 12.6. The number of dihydropyridines is 1. The second-order valence-corrected chi connectivity index (χ2v) is 11.4. The van der Waals surface area contributed by atoms with Crippen LogP contribution in [0.2, 0.25) is 0 Å². The molecule has 2 N–H and O–H groups in total. The van der Waals surface area contributed by atoms with Crippen LogP contribution in [0, 0.1) is 5.82 Å². The molecule has 1 amide bonds. The maximum atomic E-state index is 15.8. The zero-order chi connectivity index (χ0) is 31.1. The number of hydrogen-bond acceptors (Lipinski definition) is 7. The fourth-order valence-corrected chi connectivity index (χ4v) is 5.65. The van der Waals surface area contributed by atoms with E-state index in [0.717, 1.165) is 18.1 Å². The molecular formula is C31H36F4N6O2. The Labute approximate surface area is 248 Å². The van der Waals surface area contributed by atoms with Crippen molar-refractivity contribution in [1.82, 2.24) is 15.2 Å². The number of ether oxygens (including phenoxy) is 1. The van der Waals surface area contributed by atoms with E-state index in [0.29, 0.717) is 44.0 Å². The van der Waals surface area contributed by atoms with Crippen molar-refractivity contribution in [1.29, 1.82) is 0 Å². The smallest absolute Gasteiger partial charge is 0.375 e. The van der Waals surface area contributed by atoms with E-state index in [2.05, 4.69) is 32.0 Å². The molecule has 2 fully saturated rings. The maximum Gasteiger partial charge on any atom is 0.417 e. The quantitative estimate of drug-likeness (QED) is 0.465. The van der Waals surface area contributed by atoms with Crippen molar-refractivity contribution < 1.29 is 27.1 Å². The molecule has 1 aromatic carbocycles. The largest absolute Gasteiger partial charge is 0.417 e. The van der Waals surface area contributed by atoms with E-state index in [-0.39, 0.29) is 35.1 Å². The first-order valence-electron chi connectivity index (χ1n) is 14.2. The van der Waals surface area contributed by atoms with E-state index in [1.54, 1.807) is 18.3 Å². The number of anilines is 3. The number of carbonyl (C=O) groups excluding carboxylic acids is 1. The molecule has 2 saturated heterocycles. The normalized spacial score (nSPS) is 23.4. The molecule has 0 spiro atoms. The Morgan fingerprint density at radius 2 is 1.84 bits per heavy atom. The number of alkyl halides is 3. The lowest BCUT2D eigenvalue weighted by Gasteiger charge is -2.44. The highest BCUT2D eigenvalue weighted by atomic mass is 19.4. The van der Waals surface area contributed by atoms with Crippen LogP contribution in [0.4, 0.5) is 34.8 Å². The minimum atomic E-state index is -4.78. The SMILES string of the molecule is C=C1C=C(C(F)(F)F)C(C(=O)Nc2cc(-c3ccc(N4CCO[C@@H](C)C4)nc3)c(F)cc2N2C[C@@H](C)N(C)[C@@H](C)C2)=CN1. The molecule has 0 aliphatic carbocycles. The molecule has 3 aliphatic heterocycles. The summed E-state index contributed by atoms with van der Waals surface area (Å²) in [6.07, 6.45) is -1.38. The lowest BCUT2D eigenvalue weighted by Crippen LogP contribution is -2.55. The van der Waals surface area contributed by atoms with Crippen molar-refractivity contribution >= 4 is 23.1 Å². The predicted octanol–water partition coefficient (Wildman–Crippen LogP) is 5.07. The van der Waals surface area contributed by atoms with E-state index in [4.69, 9.17) is 4.74 Å². The van der Waals surface area contributed by atoms with Crippen LogP contribution in [0.5, 0.6) is 0 Å². The number of amides is 1. The van der Waals surface area contributed by atoms with Crippen molar-refractivity contribution in [2.45, 2.75) is 45.1 Å². The summed E-state index contributed by atoms with van der Waals surface area (Å²) in [4.78, 5) is 24.2. The first-order chi connectivity index (χ1) is 20.3. The van der Waals surface area contributed by atoms with Crippen LogP contribution in [0.25, 0.3) is 11.1 Å². The molecule has 0 saturated carbocycles. The van der Waals surface area contributed by atoms with Gasteiger partial charge >= 0.3 is 6.18 Å². The van der Waals surface area contributed by atoms with Crippen LogP contribution in [0.1, 0.15) is 20.8 Å². The first kappa shape index (κ1) is 30.6. The first-order valence-corrected chi connectivity index (χ1v) is 14.2. The van der Waals surface area contributed by atoms with Crippen molar-refractivity contribution in [2.75, 3.05) is 55.0 Å². The Hall–Kier alpha value is -3.90. The van der Waals surface area contributed by atoms with Gasteiger partial charge in [0.2, 0.25) is 0 Å². The van der Waals surface area contributed by atoms with E-state index in [9.17, 15) is 18.0 Å². The molecule has 5 rings (SSSR count). The lowest BCUT2D eigenvalue weighted by atomic mass is 10.0. The van der Waals surface area contributed by atoms with Gasteiger partial charge in [-0.2, -0.15) is 13.2 Å². The van der Waals surface area contributed by atoms with E-state index < -0.39 is 29.0 Å². The molecule has 43 heavy (non-hydrogen) atoms. The highest BCUT2D eigenvalue weighted by Crippen LogP contribution is 2.38. The molecule has 12 heteroatoms. The standard InChI is InChI=1S/C31H36F4N6O2/c1-18-10-25(31(33,34)35)24(14-36-18)30(42)38-27-11-23(22-6-7-29(37-13-22)40-8-9-43-21(4)17-40)26(32)12-28(27)41-15-19(2)39(5)20(3)16-41/h6-7,10-14,19-21,36H,1,8-9,15-17H2,2-5H3,(H,38,42)/t19-,20+,21-/m0/s1. The van der Waals surface area contributed by atoms with Gasteiger partial charge in [0.1, 0.15) is 11.6 Å². The van der Waals surface area contributed by atoms with E-state index in [1.807, 2.05) is 32.7 Å². The third-order valence-corrected chi connectivity index (χ3v) is 8.22. The topological polar surface area (TPSA) is 73.0 Å². The molecule has 0 bridgehead atoms. The fraction of sp³-hybridized carbons (Fsp3) is 0.419. The number of carbonyl (C=O) groups is 1. The Morgan fingerprint density at radius 3 is 2.47 bits per heavy atom. The number of benzene rings is 1.